The Morgan fingerprint density at radius 3 is 3.07 bits per heavy atom. The number of aromatic nitrogens is 2. The van der Waals surface area contributed by atoms with E-state index in [0.717, 1.165) is 10.4 Å². The van der Waals surface area contributed by atoms with Gasteiger partial charge >= 0.3 is 5.97 Å². The number of aliphatic carboxylic acids is 1. The highest BCUT2D eigenvalue weighted by molar-refractivity contribution is 7.09. The Hall–Kier alpha value is -1.75. The third kappa shape index (κ3) is 2.38. The van der Waals surface area contributed by atoms with Gasteiger partial charge in [0.25, 0.3) is 0 Å². The molecule has 4 nitrogen and oxygen atoms in total. The van der Waals surface area contributed by atoms with Crippen LogP contribution < -0.4 is 0 Å². The van der Waals surface area contributed by atoms with Gasteiger partial charge in [0.15, 0.2) is 0 Å². The van der Waals surface area contributed by atoms with Crippen LogP contribution in [-0.2, 0) is 11.2 Å². The van der Waals surface area contributed by atoms with Crippen molar-refractivity contribution in [2.75, 3.05) is 0 Å². The topological polar surface area (TPSA) is 63.1 Å². The lowest BCUT2D eigenvalue weighted by Crippen LogP contribution is -1.99. The van der Waals surface area contributed by atoms with Gasteiger partial charge in [0, 0.05) is 18.0 Å². The van der Waals surface area contributed by atoms with Crippen molar-refractivity contribution < 1.29 is 9.90 Å². The van der Waals surface area contributed by atoms with Crippen LogP contribution in [0, 0.1) is 0 Å². The van der Waals surface area contributed by atoms with Gasteiger partial charge in [-0.15, -0.1) is 0 Å². The van der Waals surface area contributed by atoms with Gasteiger partial charge < -0.3 is 5.11 Å². The SMILES string of the molecule is O=C(O)Cc1cc(-c2cccnc2)sn1. The zero-order chi connectivity index (χ0) is 10.7. The lowest BCUT2D eigenvalue weighted by molar-refractivity contribution is -0.136. The molecule has 0 saturated carbocycles. The summed E-state index contributed by atoms with van der Waals surface area (Å²) < 4.78 is 4.07. The van der Waals surface area contributed by atoms with Crippen molar-refractivity contribution in [1.29, 1.82) is 0 Å². The molecule has 1 N–H and O–H groups in total. The zero-order valence-corrected chi connectivity index (χ0v) is 8.57. The lowest BCUT2D eigenvalue weighted by atomic mass is 10.2. The third-order valence-electron chi connectivity index (χ3n) is 1.84. The minimum absolute atomic E-state index is 0.0310. The number of carboxylic acid groups (broad SMARTS) is 1. The molecule has 0 aliphatic carbocycles. The summed E-state index contributed by atoms with van der Waals surface area (Å²) in [4.78, 5) is 15.4. The molecule has 0 saturated heterocycles. The van der Waals surface area contributed by atoms with Crippen molar-refractivity contribution in [3.8, 4) is 10.4 Å². The zero-order valence-electron chi connectivity index (χ0n) is 7.75. The summed E-state index contributed by atoms with van der Waals surface area (Å²) >= 11 is 1.29. The van der Waals surface area contributed by atoms with E-state index in [1.165, 1.54) is 11.5 Å². The molecule has 0 atom stereocenters. The molecule has 0 aromatic carbocycles. The molecular formula is C10H8N2O2S. The van der Waals surface area contributed by atoms with Crippen LogP contribution in [-0.4, -0.2) is 20.4 Å². The van der Waals surface area contributed by atoms with Crippen LogP contribution in [0.2, 0.25) is 0 Å². The molecular weight excluding hydrogens is 212 g/mol. The van der Waals surface area contributed by atoms with Crippen LogP contribution in [0.4, 0.5) is 0 Å². The van der Waals surface area contributed by atoms with Gasteiger partial charge in [-0.1, -0.05) is 6.07 Å². The number of rotatable bonds is 3. The second kappa shape index (κ2) is 4.18. The highest BCUT2D eigenvalue weighted by atomic mass is 32.1. The number of hydrogen-bond acceptors (Lipinski definition) is 4. The molecule has 2 aromatic rings. The fraction of sp³-hybridized carbons (Fsp3) is 0.100. The highest BCUT2D eigenvalue weighted by Gasteiger charge is 2.07. The van der Waals surface area contributed by atoms with E-state index in [1.807, 2.05) is 12.1 Å². The molecule has 0 radical (unpaired) electrons. The van der Waals surface area contributed by atoms with Crippen LogP contribution in [0.25, 0.3) is 10.4 Å². The van der Waals surface area contributed by atoms with E-state index in [2.05, 4.69) is 9.36 Å². The summed E-state index contributed by atoms with van der Waals surface area (Å²) in [5.41, 5.74) is 1.55. The van der Waals surface area contributed by atoms with Crippen LogP contribution in [0.1, 0.15) is 5.69 Å². The van der Waals surface area contributed by atoms with E-state index in [-0.39, 0.29) is 6.42 Å². The number of nitrogens with zero attached hydrogens (tertiary/aromatic N) is 2. The molecule has 2 heterocycles. The summed E-state index contributed by atoms with van der Waals surface area (Å²) in [6, 6.07) is 5.55. The molecule has 5 heteroatoms. The van der Waals surface area contributed by atoms with E-state index in [4.69, 9.17) is 5.11 Å². The fourth-order valence-electron chi connectivity index (χ4n) is 1.19. The lowest BCUT2D eigenvalue weighted by Gasteiger charge is -1.92. The molecule has 0 aliphatic rings. The van der Waals surface area contributed by atoms with Crippen molar-refractivity contribution in [3.63, 3.8) is 0 Å². The van der Waals surface area contributed by atoms with Gasteiger partial charge in [-0.3, -0.25) is 9.78 Å². The normalized spacial score (nSPS) is 10.1. The van der Waals surface area contributed by atoms with Crippen molar-refractivity contribution >= 4 is 17.5 Å². The first-order valence-electron chi connectivity index (χ1n) is 4.33. The molecule has 0 amide bonds. The summed E-state index contributed by atoms with van der Waals surface area (Å²) in [7, 11) is 0. The predicted molar refractivity (Wildman–Crippen MR) is 56.7 cm³/mol. The largest absolute Gasteiger partial charge is 0.481 e. The second-order valence-corrected chi connectivity index (χ2v) is 3.80. The van der Waals surface area contributed by atoms with E-state index in [1.54, 1.807) is 18.5 Å². The predicted octanol–water partition coefficient (Wildman–Crippen LogP) is 1.83. The maximum Gasteiger partial charge on any atom is 0.309 e. The Labute approximate surface area is 90.4 Å². The van der Waals surface area contributed by atoms with Gasteiger partial charge in [-0.05, 0) is 23.7 Å². The van der Waals surface area contributed by atoms with Gasteiger partial charge in [0.1, 0.15) is 0 Å². The quantitative estimate of drug-likeness (QED) is 0.857. The summed E-state index contributed by atoms with van der Waals surface area (Å²) in [5, 5.41) is 8.60. The van der Waals surface area contributed by atoms with Crippen molar-refractivity contribution in [3.05, 3.63) is 36.3 Å². The van der Waals surface area contributed by atoms with Crippen molar-refractivity contribution in [2.24, 2.45) is 0 Å². The second-order valence-electron chi connectivity index (χ2n) is 2.99. The molecule has 76 valence electrons. The maximum atomic E-state index is 10.5. The standard InChI is InChI=1S/C10H8N2O2S/c13-10(14)5-8-4-9(15-12-8)7-2-1-3-11-6-7/h1-4,6H,5H2,(H,13,14). The van der Waals surface area contributed by atoms with E-state index < -0.39 is 5.97 Å². The van der Waals surface area contributed by atoms with Gasteiger partial charge in [0.05, 0.1) is 17.0 Å². The number of carboxylic acids is 1. The minimum Gasteiger partial charge on any atom is -0.481 e. The molecule has 2 aromatic heterocycles. The Morgan fingerprint density at radius 2 is 2.40 bits per heavy atom. The Kier molecular flexibility index (Phi) is 2.73. The minimum atomic E-state index is -0.863. The van der Waals surface area contributed by atoms with Crippen LogP contribution in [0.5, 0.6) is 0 Å². The van der Waals surface area contributed by atoms with E-state index in [0.29, 0.717) is 5.69 Å². The number of hydrogen-bond donors (Lipinski definition) is 1. The fourth-order valence-corrected chi connectivity index (χ4v) is 1.94. The van der Waals surface area contributed by atoms with E-state index >= 15 is 0 Å². The summed E-state index contributed by atoms with van der Waals surface area (Å²) in [6.45, 7) is 0. The van der Waals surface area contributed by atoms with Gasteiger partial charge in [0.2, 0.25) is 0 Å². The van der Waals surface area contributed by atoms with Gasteiger partial charge in [-0.25, -0.2) is 0 Å². The average molecular weight is 220 g/mol. The molecule has 15 heavy (non-hydrogen) atoms. The summed E-state index contributed by atoms with van der Waals surface area (Å²) in [6.07, 6.45) is 3.40. The third-order valence-corrected chi connectivity index (χ3v) is 2.71. The van der Waals surface area contributed by atoms with Crippen LogP contribution in [0.3, 0.4) is 0 Å². The first-order valence-corrected chi connectivity index (χ1v) is 5.11. The monoisotopic (exact) mass is 220 g/mol. The van der Waals surface area contributed by atoms with Crippen molar-refractivity contribution in [1.82, 2.24) is 9.36 Å². The van der Waals surface area contributed by atoms with E-state index in [9.17, 15) is 4.79 Å². The smallest absolute Gasteiger partial charge is 0.309 e. The number of pyridine rings is 1. The molecule has 0 spiro atoms. The Balaban J connectivity index is 2.24. The molecule has 0 unspecified atom stereocenters. The van der Waals surface area contributed by atoms with Crippen LogP contribution >= 0.6 is 11.5 Å². The molecule has 0 fully saturated rings. The highest BCUT2D eigenvalue weighted by Crippen LogP contribution is 2.23. The first-order chi connectivity index (χ1) is 7.25. The first kappa shape index (κ1) is 9.79. The average Bonchev–Trinajstić information content (AvgIpc) is 2.67. The Bertz CT molecular complexity index is 467. The van der Waals surface area contributed by atoms with Crippen LogP contribution in [0.15, 0.2) is 30.6 Å². The number of carbonyl (C=O) groups is 1. The molecule has 2 rings (SSSR count). The Morgan fingerprint density at radius 1 is 1.53 bits per heavy atom. The maximum absolute atomic E-state index is 10.5. The van der Waals surface area contributed by atoms with Gasteiger partial charge in [-0.2, -0.15) is 4.37 Å². The molecule has 0 bridgehead atoms. The molecule has 0 aliphatic heterocycles. The van der Waals surface area contributed by atoms with Crippen molar-refractivity contribution in [2.45, 2.75) is 6.42 Å². The summed E-state index contributed by atoms with van der Waals surface area (Å²) in [5.74, 6) is -0.863.